The molecule has 0 aliphatic carbocycles. The van der Waals surface area contributed by atoms with Gasteiger partial charge in [-0.3, -0.25) is 9.59 Å². The van der Waals surface area contributed by atoms with Crippen molar-refractivity contribution < 1.29 is 9.59 Å². The Kier molecular flexibility index (Phi) is 4.02. The lowest BCUT2D eigenvalue weighted by Gasteiger charge is -2.13. The number of terminal acetylenes is 1. The lowest BCUT2D eigenvalue weighted by Crippen LogP contribution is -2.44. The number of primary amides is 1. The topological polar surface area (TPSA) is 72.2 Å². The molecule has 0 saturated heterocycles. The molecule has 0 aromatic heterocycles. The predicted molar refractivity (Wildman–Crippen MR) is 77.8 cm³/mol. The van der Waals surface area contributed by atoms with Crippen molar-refractivity contribution in [1.29, 1.82) is 0 Å². The number of carbonyl (C=O) groups is 2. The number of hydrogen-bond acceptors (Lipinski definition) is 2. The second-order valence-corrected chi connectivity index (χ2v) is 4.40. The fourth-order valence-corrected chi connectivity index (χ4v) is 1.91. The number of nitrogens with two attached hydrogens (primary N) is 1. The number of benzene rings is 2. The van der Waals surface area contributed by atoms with E-state index < -0.39 is 11.9 Å². The third-order valence-corrected chi connectivity index (χ3v) is 2.98. The van der Waals surface area contributed by atoms with E-state index in [1.165, 1.54) is 0 Å². The van der Waals surface area contributed by atoms with Crippen LogP contribution < -0.4 is 11.1 Å². The molecule has 3 N–H and O–H groups in total. The summed E-state index contributed by atoms with van der Waals surface area (Å²) >= 11 is 0. The number of fused-ring (bicyclic) bond motifs is 1. The molecule has 100 valence electrons. The SMILES string of the molecule is C#CC[C@H](NC(=O)c1ccc2ccccc2c1)C(N)=O. The summed E-state index contributed by atoms with van der Waals surface area (Å²) in [6, 6.07) is 12.2. The number of carbonyl (C=O) groups excluding carboxylic acids is 2. The quantitative estimate of drug-likeness (QED) is 0.822. The summed E-state index contributed by atoms with van der Waals surface area (Å²) in [5.74, 6) is 1.31. The van der Waals surface area contributed by atoms with Gasteiger partial charge in [0.15, 0.2) is 0 Å². The Morgan fingerprint density at radius 3 is 2.55 bits per heavy atom. The van der Waals surface area contributed by atoms with Crippen LogP contribution in [0.3, 0.4) is 0 Å². The maximum Gasteiger partial charge on any atom is 0.251 e. The number of rotatable bonds is 4. The Balaban J connectivity index is 2.22. The summed E-state index contributed by atoms with van der Waals surface area (Å²) in [7, 11) is 0. The zero-order chi connectivity index (χ0) is 14.5. The van der Waals surface area contributed by atoms with Crippen molar-refractivity contribution in [3.05, 3.63) is 48.0 Å². The summed E-state index contributed by atoms with van der Waals surface area (Å²) < 4.78 is 0. The second kappa shape index (κ2) is 5.89. The van der Waals surface area contributed by atoms with Crippen molar-refractivity contribution in [2.24, 2.45) is 5.73 Å². The fraction of sp³-hybridized carbons (Fsp3) is 0.125. The van der Waals surface area contributed by atoms with Crippen LogP contribution in [0.5, 0.6) is 0 Å². The molecule has 0 unspecified atom stereocenters. The molecule has 4 heteroatoms. The Morgan fingerprint density at radius 2 is 1.90 bits per heavy atom. The van der Waals surface area contributed by atoms with Crippen LogP contribution in [-0.4, -0.2) is 17.9 Å². The minimum absolute atomic E-state index is 0.0780. The molecule has 0 aliphatic heterocycles. The normalized spacial score (nSPS) is 11.6. The molecule has 4 nitrogen and oxygen atoms in total. The van der Waals surface area contributed by atoms with Gasteiger partial charge in [-0.2, -0.15) is 0 Å². The summed E-state index contributed by atoms with van der Waals surface area (Å²) in [5.41, 5.74) is 5.66. The van der Waals surface area contributed by atoms with E-state index in [9.17, 15) is 9.59 Å². The molecular formula is C16H14N2O2. The van der Waals surface area contributed by atoms with Crippen molar-refractivity contribution in [3.8, 4) is 12.3 Å². The zero-order valence-electron chi connectivity index (χ0n) is 10.8. The molecule has 0 spiro atoms. The van der Waals surface area contributed by atoms with Crippen LogP contribution in [0.1, 0.15) is 16.8 Å². The monoisotopic (exact) mass is 266 g/mol. The van der Waals surface area contributed by atoms with E-state index in [1.807, 2.05) is 30.3 Å². The molecular weight excluding hydrogens is 252 g/mol. The Labute approximate surface area is 117 Å². The van der Waals surface area contributed by atoms with E-state index in [0.717, 1.165) is 10.8 Å². The van der Waals surface area contributed by atoms with Gasteiger partial charge >= 0.3 is 0 Å². The van der Waals surface area contributed by atoms with Crippen LogP contribution in [0, 0.1) is 12.3 Å². The number of nitrogens with one attached hydrogen (secondary N) is 1. The molecule has 2 aromatic carbocycles. The number of hydrogen-bond donors (Lipinski definition) is 2. The molecule has 0 saturated carbocycles. The molecule has 0 aliphatic rings. The molecule has 0 radical (unpaired) electrons. The van der Waals surface area contributed by atoms with Crippen LogP contribution in [0.25, 0.3) is 10.8 Å². The Bertz CT molecular complexity index is 701. The van der Waals surface area contributed by atoms with Gasteiger partial charge in [0, 0.05) is 12.0 Å². The molecule has 20 heavy (non-hydrogen) atoms. The van der Waals surface area contributed by atoms with E-state index in [1.54, 1.807) is 12.1 Å². The fourth-order valence-electron chi connectivity index (χ4n) is 1.91. The van der Waals surface area contributed by atoms with E-state index in [-0.39, 0.29) is 12.3 Å². The lowest BCUT2D eigenvalue weighted by atomic mass is 10.1. The first-order chi connectivity index (χ1) is 9.61. The van der Waals surface area contributed by atoms with Crippen molar-refractivity contribution in [3.63, 3.8) is 0 Å². The highest BCUT2D eigenvalue weighted by molar-refractivity contribution is 6.00. The van der Waals surface area contributed by atoms with Crippen molar-refractivity contribution in [2.75, 3.05) is 0 Å². The molecule has 2 amide bonds. The predicted octanol–water partition coefficient (Wildman–Crippen LogP) is 1.45. The first-order valence-corrected chi connectivity index (χ1v) is 6.14. The minimum Gasteiger partial charge on any atom is -0.368 e. The average Bonchev–Trinajstić information content (AvgIpc) is 2.46. The minimum atomic E-state index is -0.848. The van der Waals surface area contributed by atoms with Crippen LogP contribution in [0.4, 0.5) is 0 Å². The number of amides is 2. The van der Waals surface area contributed by atoms with Gasteiger partial charge in [-0.1, -0.05) is 30.3 Å². The van der Waals surface area contributed by atoms with E-state index in [4.69, 9.17) is 12.2 Å². The largest absolute Gasteiger partial charge is 0.368 e. The summed E-state index contributed by atoms with van der Waals surface area (Å²) in [6.07, 6.45) is 5.22. The molecule has 0 fully saturated rings. The molecule has 2 rings (SSSR count). The lowest BCUT2D eigenvalue weighted by molar-refractivity contribution is -0.119. The maximum atomic E-state index is 12.1. The van der Waals surface area contributed by atoms with Crippen molar-refractivity contribution in [2.45, 2.75) is 12.5 Å². The Hall–Kier alpha value is -2.80. The van der Waals surface area contributed by atoms with E-state index in [0.29, 0.717) is 5.56 Å². The molecule has 1 atom stereocenters. The van der Waals surface area contributed by atoms with Gasteiger partial charge in [0.05, 0.1) is 0 Å². The second-order valence-electron chi connectivity index (χ2n) is 4.40. The third kappa shape index (κ3) is 2.96. The van der Waals surface area contributed by atoms with Gasteiger partial charge in [0.25, 0.3) is 5.91 Å². The summed E-state index contributed by atoms with van der Waals surface area (Å²) in [6.45, 7) is 0. The molecule has 0 heterocycles. The van der Waals surface area contributed by atoms with Gasteiger partial charge in [0.2, 0.25) is 5.91 Å². The maximum absolute atomic E-state index is 12.1. The standard InChI is InChI=1S/C16H14N2O2/c1-2-5-14(15(17)19)18-16(20)13-9-8-11-6-3-4-7-12(11)10-13/h1,3-4,6-10,14H,5H2,(H2,17,19)(H,18,20)/t14-/m0/s1. The molecule has 2 aromatic rings. The zero-order valence-corrected chi connectivity index (χ0v) is 10.8. The van der Waals surface area contributed by atoms with Gasteiger partial charge in [-0.05, 0) is 22.9 Å². The van der Waals surface area contributed by atoms with E-state index in [2.05, 4.69) is 11.2 Å². The molecule has 0 bridgehead atoms. The van der Waals surface area contributed by atoms with Crippen LogP contribution in [0.15, 0.2) is 42.5 Å². The smallest absolute Gasteiger partial charge is 0.251 e. The average molecular weight is 266 g/mol. The highest BCUT2D eigenvalue weighted by Gasteiger charge is 2.17. The van der Waals surface area contributed by atoms with Crippen LogP contribution >= 0.6 is 0 Å². The van der Waals surface area contributed by atoms with Gasteiger partial charge < -0.3 is 11.1 Å². The van der Waals surface area contributed by atoms with E-state index >= 15 is 0 Å². The van der Waals surface area contributed by atoms with Crippen molar-refractivity contribution >= 4 is 22.6 Å². The Morgan fingerprint density at radius 1 is 1.20 bits per heavy atom. The third-order valence-electron chi connectivity index (χ3n) is 2.98. The van der Waals surface area contributed by atoms with Crippen LogP contribution in [-0.2, 0) is 4.79 Å². The van der Waals surface area contributed by atoms with Crippen molar-refractivity contribution in [1.82, 2.24) is 5.32 Å². The summed E-state index contributed by atoms with van der Waals surface area (Å²) in [4.78, 5) is 23.3. The highest BCUT2D eigenvalue weighted by atomic mass is 16.2. The summed E-state index contributed by atoms with van der Waals surface area (Å²) in [5, 5.41) is 4.53. The van der Waals surface area contributed by atoms with Gasteiger partial charge in [-0.25, -0.2) is 0 Å². The van der Waals surface area contributed by atoms with Crippen LogP contribution in [0.2, 0.25) is 0 Å². The first kappa shape index (κ1) is 13.6. The van der Waals surface area contributed by atoms with Gasteiger partial charge in [-0.15, -0.1) is 12.3 Å². The van der Waals surface area contributed by atoms with Gasteiger partial charge in [0.1, 0.15) is 6.04 Å². The first-order valence-electron chi connectivity index (χ1n) is 6.14. The highest BCUT2D eigenvalue weighted by Crippen LogP contribution is 2.15.